The fourth-order valence-corrected chi connectivity index (χ4v) is 3.90. The molecule has 11 heteroatoms. The van der Waals surface area contributed by atoms with E-state index in [9.17, 15) is 22.4 Å². The minimum absolute atomic E-state index is 0.0572. The molecule has 1 aromatic carbocycles. The quantitative estimate of drug-likeness (QED) is 0.578. The van der Waals surface area contributed by atoms with E-state index in [0.29, 0.717) is 11.3 Å². The van der Waals surface area contributed by atoms with Crippen LogP contribution in [0.3, 0.4) is 0 Å². The lowest BCUT2D eigenvalue weighted by Crippen LogP contribution is -2.31. The molecule has 0 bridgehead atoms. The topological polar surface area (TPSA) is 92.8 Å². The number of halogens is 2. The Bertz CT molecular complexity index is 974. The Morgan fingerprint density at radius 3 is 2.66 bits per heavy atom. The van der Waals surface area contributed by atoms with Gasteiger partial charge in [0.2, 0.25) is 10.0 Å². The van der Waals surface area contributed by atoms with Crippen molar-refractivity contribution in [3.05, 3.63) is 56.5 Å². The summed E-state index contributed by atoms with van der Waals surface area (Å²) in [6, 6.07) is 7.49. The summed E-state index contributed by atoms with van der Waals surface area (Å²) in [7, 11) is -1.81. The maximum Gasteiger partial charge on any atom is 0.348 e. The van der Waals surface area contributed by atoms with Crippen LogP contribution in [0.2, 0.25) is 5.02 Å². The van der Waals surface area contributed by atoms with Crippen molar-refractivity contribution < 1.29 is 27.1 Å². The number of thiophene rings is 1. The van der Waals surface area contributed by atoms with Crippen LogP contribution >= 0.6 is 22.9 Å². The highest BCUT2D eigenvalue weighted by Gasteiger charge is 2.17. The van der Waals surface area contributed by atoms with Gasteiger partial charge in [-0.2, -0.15) is 0 Å². The van der Waals surface area contributed by atoms with Gasteiger partial charge in [0, 0.05) is 35.6 Å². The highest BCUT2D eigenvalue weighted by atomic mass is 35.5. The second-order valence-corrected chi connectivity index (χ2v) is 9.62. The molecule has 2 aromatic rings. The fourth-order valence-electron chi connectivity index (χ4n) is 2.30. The van der Waals surface area contributed by atoms with Gasteiger partial charge in [0.1, 0.15) is 10.7 Å². The van der Waals surface area contributed by atoms with Gasteiger partial charge in [-0.05, 0) is 30.7 Å². The van der Waals surface area contributed by atoms with Crippen molar-refractivity contribution in [3.8, 4) is 0 Å². The molecule has 0 aliphatic rings. The zero-order valence-electron chi connectivity index (χ0n) is 15.8. The highest BCUT2D eigenvalue weighted by Crippen LogP contribution is 2.21. The van der Waals surface area contributed by atoms with Gasteiger partial charge in [-0.3, -0.25) is 4.79 Å². The van der Waals surface area contributed by atoms with Gasteiger partial charge in [-0.15, -0.1) is 11.3 Å². The Morgan fingerprint density at radius 1 is 1.28 bits per heavy atom. The zero-order chi connectivity index (χ0) is 21.6. The fraction of sp³-hybridized carbons (Fsp3) is 0.333. The Labute approximate surface area is 177 Å². The van der Waals surface area contributed by atoms with E-state index in [1.165, 1.54) is 30.1 Å². The summed E-state index contributed by atoms with van der Waals surface area (Å²) >= 11 is 7.11. The molecule has 1 amide bonds. The van der Waals surface area contributed by atoms with E-state index in [4.69, 9.17) is 16.3 Å². The van der Waals surface area contributed by atoms with Crippen LogP contribution in [0.4, 0.5) is 4.39 Å². The minimum Gasteiger partial charge on any atom is -0.451 e. The number of hydrogen-bond acceptors (Lipinski definition) is 6. The maximum absolute atomic E-state index is 13.8. The second-order valence-electron chi connectivity index (χ2n) is 6.21. The van der Waals surface area contributed by atoms with E-state index in [0.717, 1.165) is 22.5 Å². The molecule has 1 N–H and O–H groups in total. The summed E-state index contributed by atoms with van der Waals surface area (Å²) in [6.45, 7) is -0.335. The molecule has 0 fully saturated rings. The molecule has 0 aliphatic heterocycles. The van der Waals surface area contributed by atoms with Gasteiger partial charge >= 0.3 is 5.97 Å². The number of esters is 1. The number of carbonyl (C=O) groups excluding carboxylic acids is 2. The van der Waals surface area contributed by atoms with Crippen LogP contribution < -0.4 is 4.72 Å². The van der Waals surface area contributed by atoms with Gasteiger partial charge in [0.05, 0.1) is 6.26 Å². The number of benzene rings is 1. The van der Waals surface area contributed by atoms with Crippen molar-refractivity contribution in [2.45, 2.75) is 13.0 Å². The number of carbonyl (C=O) groups is 2. The van der Waals surface area contributed by atoms with Crippen molar-refractivity contribution in [1.82, 2.24) is 9.62 Å². The largest absolute Gasteiger partial charge is 0.451 e. The third kappa shape index (κ3) is 7.39. The number of likely N-dealkylation sites (N-methyl/N-ethyl adjacent to an activating group) is 1. The molecule has 2 rings (SSSR count). The van der Waals surface area contributed by atoms with E-state index in [1.807, 2.05) is 0 Å². The SMILES string of the molecule is CN(Cc1c(F)cccc1Cl)C(=O)COC(=O)c1ccc(CCNS(C)(=O)=O)s1. The summed E-state index contributed by atoms with van der Waals surface area (Å²) in [5.41, 5.74) is 0.182. The monoisotopic (exact) mass is 462 g/mol. The predicted octanol–water partition coefficient (Wildman–Crippen LogP) is 2.45. The summed E-state index contributed by atoms with van der Waals surface area (Å²) in [4.78, 5) is 26.6. The van der Waals surface area contributed by atoms with Crippen LogP contribution in [0.25, 0.3) is 0 Å². The Balaban J connectivity index is 1.84. The Kier molecular flexibility index (Phi) is 8.14. The molecule has 0 radical (unpaired) electrons. The number of sulfonamides is 1. The average molecular weight is 463 g/mol. The lowest BCUT2D eigenvalue weighted by atomic mass is 10.2. The number of rotatable bonds is 9. The standard InChI is InChI=1S/C18H20ClFN2O5S2/c1-22(10-13-14(19)4-3-5-15(13)20)17(23)11-27-18(24)16-7-6-12(28-16)8-9-21-29(2,25)26/h3-7,21H,8-11H2,1-2H3. The first kappa shape index (κ1) is 23.3. The molecule has 7 nitrogen and oxygen atoms in total. The lowest BCUT2D eigenvalue weighted by molar-refractivity contribution is -0.133. The second kappa shape index (κ2) is 10.1. The van der Waals surface area contributed by atoms with Crippen LogP contribution in [0.5, 0.6) is 0 Å². The van der Waals surface area contributed by atoms with Gasteiger partial charge in [-0.25, -0.2) is 22.3 Å². The molecule has 1 aromatic heterocycles. The summed E-state index contributed by atoms with van der Waals surface area (Å²) in [5.74, 6) is -1.69. The number of nitrogens with one attached hydrogen (secondary N) is 1. The smallest absolute Gasteiger partial charge is 0.348 e. The average Bonchev–Trinajstić information content (AvgIpc) is 3.10. The first-order valence-electron chi connectivity index (χ1n) is 8.44. The molecule has 0 saturated carbocycles. The highest BCUT2D eigenvalue weighted by molar-refractivity contribution is 7.88. The normalized spacial score (nSPS) is 11.3. The van der Waals surface area contributed by atoms with Crippen molar-refractivity contribution in [2.75, 3.05) is 26.5 Å². The van der Waals surface area contributed by atoms with Gasteiger partial charge < -0.3 is 9.64 Å². The van der Waals surface area contributed by atoms with Crippen molar-refractivity contribution in [2.24, 2.45) is 0 Å². The number of nitrogens with zero attached hydrogens (tertiary/aromatic N) is 1. The molecule has 0 spiro atoms. The molecular weight excluding hydrogens is 443 g/mol. The van der Waals surface area contributed by atoms with Gasteiger partial charge in [0.15, 0.2) is 6.61 Å². The Hall–Kier alpha value is -2.01. The summed E-state index contributed by atoms with van der Waals surface area (Å²) < 4.78 is 43.3. The van der Waals surface area contributed by atoms with Crippen LogP contribution in [-0.2, 0) is 32.5 Å². The summed E-state index contributed by atoms with van der Waals surface area (Å²) in [6.07, 6.45) is 1.49. The molecule has 0 atom stereocenters. The van der Waals surface area contributed by atoms with Crippen molar-refractivity contribution in [3.63, 3.8) is 0 Å². The Morgan fingerprint density at radius 2 is 2.00 bits per heavy atom. The zero-order valence-corrected chi connectivity index (χ0v) is 18.2. The van der Waals surface area contributed by atoms with E-state index in [2.05, 4.69) is 4.72 Å². The van der Waals surface area contributed by atoms with Gasteiger partial charge in [-0.1, -0.05) is 17.7 Å². The van der Waals surface area contributed by atoms with Crippen molar-refractivity contribution in [1.29, 1.82) is 0 Å². The lowest BCUT2D eigenvalue weighted by Gasteiger charge is -2.18. The number of hydrogen-bond donors (Lipinski definition) is 1. The first-order valence-corrected chi connectivity index (χ1v) is 11.5. The molecule has 0 saturated heterocycles. The first-order chi connectivity index (χ1) is 13.6. The molecule has 0 aliphatic carbocycles. The number of amides is 1. The third-order valence-electron chi connectivity index (χ3n) is 3.81. The van der Waals surface area contributed by atoms with Crippen LogP contribution in [0.1, 0.15) is 20.1 Å². The van der Waals surface area contributed by atoms with E-state index in [1.54, 1.807) is 12.1 Å². The molecule has 29 heavy (non-hydrogen) atoms. The van der Waals surface area contributed by atoms with Crippen molar-refractivity contribution >= 4 is 44.8 Å². The molecule has 0 unspecified atom stereocenters. The summed E-state index contributed by atoms with van der Waals surface area (Å²) in [5, 5.41) is 0.207. The molecular formula is C18H20ClFN2O5S2. The molecule has 1 heterocycles. The van der Waals surface area contributed by atoms with E-state index < -0.39 is 34.3 Å². The van der Waals surface area contributed by atoms with E-state index in [-0.39, 0.29) is 23.7 Å². The van der Waals surface area contributed by atoms with E-state index >= 15 is 0 Å². The minimum atomic E-state index is -3.27. The van der Waals surface area contributed by atoms with Crippen LogP contribution in [0.15, 0.2) is 30.3 Å². The van der Waals surface area contributed by atoms with Crippen LogP contribution in [-0.4, -0.2) is 51.6 Å². The maximum atomic E-state index is 13.8. The third-order valence-corrected chi connectivity index (χ3v) is 6.02. The van der Waals surface area contributed by atoms with Gasteiger partial charge in [0.25, 0.3) is 5.91 Å². The predicted molar refractivity (Wildman–Crippen MR) is 109 cm³/mol. The number of ether oxygens (including phenoxy) is 1. The van der Waals surface area contributed by atoms with Crippen LogP contribution in [0, 0.1) is 5.82 Å². The molecule has 158 valence electrons.